The molecule has 0 fully saturated rings. The molecular formula is C12H17N5O2S2. The highest BCUT2D eigenvalue weighted by atomic mass is 32.2. The Hall–Kier alpha value is -1.61. The number of aromatic nitrogens is 3. The number of thiazole rings is 1. The molecule has 0 aromatic carbocycles. The predicted molar refractivity (Wildman–Crippen MR) is 81.9 cm³/mol. The summed E-state index contributed by atoms with van der Waals surface area (Å²) in [6, 6.07) is 0. The summed E-state index contributed by atoms with van der Waals surface area (Å²) in [7, 11) is -3.74. The van der Waals surface area contributed by atoms with Crippen LogP contribution >= 0.6 is 11.3 Å². The Bertz CT molecular complexity index is 741. The summed E-state index contributed by atoms with van der Waals surface area (Å²) in [5.74, 6) is 0.0139. The summed E-state index contributed by atoms with van der Waals surface area (Å²) < 4.78 is 28.8. The lowest BCUT2D eigenvalue weighted by Gasteiger charge is -2.03. The van der Waals surface area contributed by atoms with E-state index in [4.69, 9.17) is 5.73 Å². The third-order valence-electron chi connectivity index (χ3n) is 3.31. The van der Waals surface area contributed by atoms with E-state index in [9.17, 15) is 8.42 Å². The van der Waals surface area contributed by atoms with Gasteiger partial charge in [0.1, 0.15) is 4.90 Å². The van der Waals surface area contributed by atoms with Crippen molar-refractivity contribution in [2.24, 2.45) is 0 Å². The predicted octanol–water partition coefficient (Wildman–Crippen LogP) is 1.62. The molecule has 2 heterocycles. The maximum Gasteiger partial charge on any atom is 0.268 e. The Morgan fingerprint density at radius 1 is 1.48 bits per heavy atom. The quantitative estimate of drug-likeness (QED) is 0.868. The zero-order valence-corrected chi connectivity index (χ0v) is 13.3. The number of nitrogens with one attached hydrogen (secondary N) is 1. The van der Waals surface area contributed by atoms with Crippen LogP contribution in [-0.2, 0) is 29.4 Å². The summed E-state index contributed by atoms with van der Waals surface area (Å²) >= 11 is 1.40. The van der Waals surface area contributed by atoms with Crippen molar-refractivity contribution in [1.82, 2.24) is 14.8 Å². The number of nitrogen functional groups attached to an aromatic ring is 1. The molecular weight excluding hydrogens is 310 g/mol. The van der Waals surface area contributed by atoms with E-state index in [0.717, 1.165) is 31.4 Å². The van der Waals surface area contributed by atoms with E-state index >= 15 is 0 Å². The van der Waals surface area contributed by atoms with Gasteiger partial charge in [-0.25, -0.2) is 13.4 Å². The number of sulfonamides is 1. The molecule has 2 aromatic heterocycles. The van der Waals surface area contributed by atoms with Gasteiger partial charge in [-0.3, -0.25) is 9.40 Å². The normalized spacial score (nSPS) is 14.3. The van der Waals surface area contributed by atoms with Crippen LogP contribution in [0.5, 0.6) is 0 Å². The third kappa shape index (κ3) is 2.75. The van der Waals surface area contributed by atoms with Gasteiger partial charge in [0.2, 0.25) is 0 Å². The molecule has 21 heavy (non-hydrogen) atoms. The largest absolute Gasteiger partial charge is 0.381 e. The number of rotatable bonds is 5. The van der Waals surface area contributed by atoms with Crippen molar-refractivity contribution < 1.29 is 8.42 Å². The van der Waals surface area contributed by atoms with Gasteiger partial charge < -0.3 is 5.73 Å². The molecule has 0 aliphatic heterocycles. The molecule has 3 rings (SSSR count). The maximum absolute atomic E-state index is 12.4. The average Bonchev–Trinajstić information content (AvgIpc) is 3.04. The summed E-state index contributed by atoms with van der Waals surface area (Å²) in [6.45, 7) is 2.62. The van der Waals surface area contributed by atoms with Gasteiger partial charge in [-0.05, 0) is 25.7 Å². The van der Waals surface area contributed by atoms with Gasteiger partial charge in [0, 0.05) is 17.6 Å². The number of anilines is 2. The van der Waals surface area contributed by atoms with Crippen molar-refractivity contribution in [3.8, 4) is 0 Å². The lowest BCUT2D eigenvalue weighted by Crippen LogP contribution is -2.13. The molecule has 0 atom stereocenters. The monoisotopic (exact) mass is 327 g/mol. The van der Waals surface area contributed by atoms with Crippen LogP contribution in [0.2, 0.25) is 0 Å². The van der Waals surface area contributed by atoms with Gasteiger partial charge in [-0.2, -0.15) is 5.10 Å². The van der Waals surface area contributed by atoms with E-state index in [1.165, 1.54) is 22.4 Å². The number of nitrogens with zero attached hydrogens (tertiary/aromatic N) is 3. The molecule has 0 saturated heterocycles. The highest BCUT2D eigenvalue weighted by Crippen LogP contribution is 2.32. The van der Waals surface area contributed by atoms with Gasteiger partial charge >= 0.3 is 0 Å². The lowest BCUT2D eigenvalue weighted by atomic mass is 10.4. The minimum absolute atomic E-state index is 0.00584. The van der Waals surface area contributed by atoms with Crippen LogP contribution in [0.25, 0.3) is 0 Å². The first-order valence-electron chi connectivity index (χ1n) is 6.84. The summed E-state index contributed by atoms with van der Waals surface area (Å²) in [5, 5.41) is 4.42. The molecule has 1 aliphatic carbocycles. The Morgan fingerprint density at radius 3 is 3.00 bits per heavy atom. The molecule has 1 aliphatic rings. The molecule has 7 nitrogen and oxygen atoms in total. The van der Waals surface area contributed by atoms with Gasteiger partial charge in [-0.15, -0.1) is 11.3 Å². The summed E-state index contributed by atoms with van der Waals surface area (Å²) in [5.41, 5.74) is 6.72. The second-order valence-corrected chi connectivity index (χ2v) is 7.72. The van der Waals surface area contributed by atoms with Crippen molar-refractivity contribution in [3.63, 3.8) is 0 Å². The maximum atomic E-state index is 12.4. The third-order valence-corrected chi connectivity index (χ3v) is 5.87. The van der Waals surface area contributed by atoms with Gasteiger partial charge in [0.05, 0.1) is 5.69 Å². The first kappa shape index (κ1) is 14.3. The number of nitrogens with two attached hydrogens (primary N) is 1. The highest BCUT2D eigenvalue weighted by Gasteiger charge is 2.24. The van der Waals surface area contributed by atoms with Gasteiger partial charge in [0.25, 0.3) is 10.0 Å². The van der Waals surface area contributed by atoms with Crippen LogP contribution in [0, 0.1) is 0 Å². The number of aryl methyl sites for hydroxylation is 3. The first-order valence-corrected chi connectivity index (χ1v) is 9.14. The summed E-state index contributed by atoms with van der Waals surface area (Å²) in [6.07, 6.45) is 5.31. The average molecular weight is 327 g/mol. The Morgan fingerprint density at radius 2 is 2.29 bits per heavy atom. The zero-order valence-electron chi connectivity index (χ0n) is 11.7. The van der Waals surface area contributed by atoms with Crippen LogP contribution in [0.15, 0.2) is 11.1 Å². The van der Waals surface area contributed by atoms with Gasteiger partial charge in [-0.1, -0.05) is 6.92 Å². The van der Waals surface area contributed by atoms with Crippen molar-refractivity contribution in [2.75, 3.05) is 10.5 Å². The minimum atomic E-state index is -3.74. The molecule has 2 aromatic rings. The molecule has 3 N–H and O–H groups in total. The Kier molecular flexibility index (Phi) is 3.62. The van der Waals surface area contributed by atoms with Crippen LogP contribution < -0.4 is 10.5 Å². The first-order chi connectivity index (χ1) is 9.99. The van der Waals surface area contributed by atoms with Crippen molar-refractivity contribution in [1.29, 1.82) is 0 Å². The molecule has 114 valence electrons. The lowest BCUT2D eigenvalue weighted by molar-refractivity contribution is 0.595. The van der Waals surface area contributed by atoms with E-state index in [2.05, 4.69) is 14.8 Å². The van der Waals surface area contributed by atoms with Crippen LogP contribution in [0.3, 0.4) is 0 Å². The van der Waals surface area contributed by atoms with Crippen molar-refractivity contribution in [3.05, 3.63) is 16.8 Å². The second-order valence-electron chi connectivity index (χ2n) is 4.99. The van der Waals surface area contributed by atoms with E-state index < -0.39 is 10.0 Å². The molecule has 0 spiro atoms. The molecule has 9 heteroatoms. The van der Waals surface area contributed by atoms with Crippen LogP contribution in [-0.4, -0.2) is 23.2 Å². The number of fused-ring (bicyclic) bond motifs is 1. The topological polar surface area (TPSA) is 103 Å². The van der Waals surface area contributed by atoms with E-state index in [1.807, 2.05) is 6.92 Å². The number of hydrogen-bond acceptors (Lipinski definition) is 6. The molecule has 0 radical (unpaired) electrons. The number of hydrogen-bond donors (Lipinski definition) is 2. The van der Waals surface area contributed by atoms with Gasteiger partial charge in [0.15, 0.2) is 10.9 Å². The SMILES string of the molecule is CCCn1cc(S(=O)(=O)Nc2nc3c(s2)CCC3)c(N)n1. The molecule has 0 unspecified atom stereocenters. The molecule has 0 bridgehead atoms. The Labute approximate surface area is 127 Å². The standard InChI is InChI=1S/C12H17N5O2S2/c1-2-6-17-7-10(11(13)15-17)21(18,19)16-12-14-8-4-3-5-9(8)20-12/h7H,2-6H2,1H3,(H2,13,15)(H,14,16). The van der Waals surface area contributed by atoms with Crippen molar-refractivity contribution >= 4 is 32.3 Å². The fourth-order valence-electron chi connectivity index (χ4n) is 2.37. The van der Waals surface area contributed by atoms with E-state index in [1.54, 1.807) is 4.68 Å². The summed E-state index contributed by atoms with van der Waals surface area (Å²) in [4.78, 5) is 5.51. The van der Waals surface area contributed by atoms with Crippen molar-refractivity contribution in [2.45, 2.75) is 44.0 Å². The fourth-order valence-corrected chi connectivity index (χ4v) is 4.73. The Balaban J connectivity index is 1.86. The smallest absolute Gasteiger partial charge is 0.268 e. The van der Waals surface area contributed by atoms with Crippen LogP contribution in [0.1, 0.15) is 30.3 Å². The van der Waals surface area contributed by atoms with Crippen LogP contribution in [0.4, 0.5) is 10.9 Å². The molecule has 0 saturated carbocycles. The second kappa shape index (κ2) is 5.30. The highest BCUT2D eigenvalue weighted by molar-refractivity contribution is 7.93. The fraction of sp³-hybridized carbons (Fsp3) is 0.500. The van der Waals surface area contributed by atoms with E-state index in [-0.39, 0.29) is 10.7 Å². The minimum Gasteiger partial charge on any atom is -0.381 e. The molecule has 0 amide bonds. The zero-order chi connectivity index (χ0) is 15.0. The van der Waals surface area contributed by atoms with E-state index in [0.29, 0.717) is 11.7 Å².